The molecule has 27 heavy (non-hydrogen) atoms. The van der Waals surface area contributed by atoms with E-state index in [-0.39, 0.29) is 0 Å². The number of hydrogen-bond acceptors (Lipinski definition) is 5. The first kappa shape index (κ1) is 16.6. The highest BCUT2D eigenvalue weighted by Crippen LogP contribution is 2.32. The molecule has 140 valence electrons. The maximum absolute atomic E-state index is 5.70. The van der Waals surface area contributed by atoms with Crippen molar-refractivity contribution in [2.45, 2.75) is 25.3 Å². The Morgan fingerprint density at radius 3 is 2.93 bits per heavy atom. The van der Waals surface area contributed by atoms with Gasteiger partial charge in [-0.25, -0.2) is 0 Å². The second-order valence-electron chi connectivity index (χ2n) is 7.43. The summed E-state index contributed by atoms with van der Waals surface area (Å²) >= 11 is 0. The largest absolute Gasteiger partial charge is 0.486 e. The molecular weight excluding hydrogens is 340 g/mol. The molecule has 0 bridgehead atoms. The molecule has 6 heteroatoms. The van der Waals surface area contributed by atoms with Crippen molar-refractivity contribution in [3.05, 3.63) is 48.0 Å². The molecule has 6 nitrogen and oxygen atoms in total. The van der Waals surface area contributed by atoms with Crippen molar-refractivity contribution in [3.8, 4) is 11.5 Å². The molecule has 0 amide bonds. The lowest BCUT2D eigenvalue weighted by molar-refractivity contribution is 0.168. The monoisotopic (exact) mass is 364 g/mol. The standard InChI is InChI=1S/C21H24N4O2/c1-24-18-5-2-6-22-17(18)11-19(24)15-4-3-7-25(13-15)14-16-10-20-21(12-23-16)27-9-8-26-20/h2,5-6,10-12,15H,3-4,7-9,13-14H2,1H3. The minimum Gasteiger partial charge on any atom is -0.486 e. The number of fused-ring (bicyclic) bond motifs is 2. The van der Waals surface area contributed by atoms with E-state index in [1.54, 1.807) is 6.20 Å². The summed E-state index contributed by atoms with van der Waals surface area (Å²) in [6, 6.07) is 8.43. The molecule has 5 rings (SSSR count). The zero-order chi connectivity index (χ0) is 18.2. The highest BCUT2D eigenvalue weighted by Gasteiger charge is 2.25. The molecule has 0 radical (unpaired) electrons. The van der Waals surface area contributed by atoms with E-state index in [1.165, 1.54) is 24.1 Å². The van der Waals surface area contributed by atoms with Crippen LogP contribution in [0.25, 0.3) is 11.0 Å². The second-order valence-corrected chi connectivity index (χ2v) is 7.43. The fourth-order valence-corrected chi connectivity index (χ4v) is 4.32. The Morgan fingerprint density at radius 2 is 2.04 bits per heavy atom. The van der Waals surface area contributed by atoms with Gasteiger partial charge < -0.3 is 14.0 Å². The lowest BCUT2D eigenvalue weighted by Gasteiger charge is -2.33. The summed E-state index contributed by atoms with van der Waals surface area (Å²) in [4.78, 5) is 11.6. The second kappa shape index (κ2) is 6.85. The quantitative estimate of drug-likeness (QED) is 0.715. The maximum Gasteiger partial charge on any atom is 0.179 e. The lowest BCUT2D eigenvalue weighted by Crippen LogP contribution is -2.34. The third-order valence-electron chi connectivity index (χ3n) is 5.65. The number of piperidine rings is 1. The molecule has 0 spiro atoms. The zero-order valence-electron chi connectivity index (χ0n) is 15.6. The third kappa shape index (κ3) is 3.14. The molecule has 0 N–H and O–H groups in total. The average molecular weight is 364 g/mol. The maximum atomic E-state index is 5.70. The van der Waals surface area contributed by atoms with Gasteiger partial charge in [0.15, 0.2) is 11.5 Å². The van der Waals surface area contributed by atoms with Crippen molar-refractivity contribution in [2.24, 2.45) is 7.05 Å². The Kier molecular flexibility index (Phi) is 4.20. The summed E-state index contributed by atoms with van der Waals surface area (Å²) in [5.74, 6) is 2.10. The minimum absolute atomic E-state index is 0.523. The lowest BCUT2D eigenvalue weighted by atomic mass is 9.94. The Balaban J connectivity index is 1.34. The first-order valence-corrected chi connectivity index (χ1v) is 9.65. The summed E-state index contributed by atoms with van der Waals surface area (Å²) in [5, 5.41) is 0. The fraction of sp³-hybridized carbons (Fsp3) is 0.429. The van der Waals surface area contributed by atoms with Crippen LogP contribution in [0.2, 0.25) is 0 Å². The summed E-state index contributed by atoms with van der Waals surface area (Å²) in [5.41, 5.74) is 4.71. The molecule has 1 unspecified atom stereocenters. The van der Waals surface area contributed by atoms with Gasteiger partial charge in [-0.1, -0.05) is 0 Å². The molecule has 0 saturated carbocycles. The van der Waals surface area contributed by atoms with Gasteiger partial charge in [0.1, 0.15) is 13.2 Å². The van der Waals surface area contributed by atoms with Crippen LogP contribution in [0, 0.1) is 0 Å². The van der Waals surface area contributed by atoms with Crippen LogP contribution in [0.1, 0.15) is 30.1 Å². The molecule has 1 atom stereocenters. The zero-order valence-corrected chi connectivity index (χ0v) is 15.6. The molecule has 2 aliphatic heterocycles. The highest BCUT2D eigenvalue weighted by atomic mass is 16.6. The number of nitrogens with zero attached hydrogens (tertiary/aromatic N) is 4. The van der Waals surface area contributed by atoms with Crippen molar-refractivity contribution in [3.63, 3.8) is 0 Å². The number of likely N-dealkylation sites (tertiary alicyclic amines) is 1. The first-order chi connectivity index (χ1) is 13.3. The van der Waals surface area contributed by atoms with Crippen molar-refractivity contribution >= 4 is 11.0 Å². The molecule has 1 saturated heterocycles. The van der Waals surface area contributed by atoms with E-state index in [2.05, 4.69) is 38.6 Å². The van der Waals surface area contributed by atoms with E-state index in [4.69, 9.17) is 9.47 Å². The Morgan fingerprint density at radius 1 is 1.15 bits per heavy atom. The highest BCUT2D eigenvalue weighted by molar-refractivity contribution is 5.77. The van der Waals surface area contributed by atoms with Gasteiger partial charge in [0.25, 0.3) is 0 Å². The van der Waals surface area contributed by atoms with E-state index in [1.807, 2.05) is 18.3 Å². The Bertz CT molecular complexity index is 968. The number of rotatable bonds is 3. The van der Waals surface area contributed by atoms with Crippen molar-refractivity contribution in [2.75, 3.05) is 26.3 Å². The van der Waals surface area contributed by atoms with Crippen LogP contribution < -0.4 is 9.47 Å². The molecule has 0 aliphatic carbocycles. The summed E-state index contributed by atoms with van der Waals surface area (Å²) < 4.78 is 13.6. The van der Waals surface area contributed by atoms with Gasteiger partial charge in [0.2, 0.25) is 0 Å². The van der Waals surface area contributed by atoms with Crippen LogP contribution in [0.15, 0.2) is 36.7 Å². The van der Waals surface area contributed by atoms with Crippen LogP contribution in [0.4, 0.5) is 0 Å². The van der Waals surface area contributed by atoms with Gasteiger partial charge in [-0.3, -0.25) is 14.9 Å². The van der Waals surface area contributed by atoms with Gasteiger partial charge in [0.05, 0.1) is 22.9 Å². The van der Waals surface area contributed by atoms with Gasteiger partial charge in [-0.15, -0.1) is 0 Å². The average Bonchev–Trinajstić information content (AvgIpc) is 3.05. The van der Waals surface area contributed by atoms with Crippen LogP contribution in [0.3, 0.4) is 0 Å². The molecule has 1 fully saturated rings. The van der Waals surface area contributed by atoms with Crippen LogP contribution >= 0.6 is 0 Å². The number of aryl methyl sites for hydroxylation is 1. The van der Waals surface area contributed by atoms with E-state index >= 15 is 0 Å². The van der Waals surface area contributed by atoms with Crippen LogP contribution in [-0.4, -0.2) is 45.7 Å². The van der Waals surface area contributed by atoms with Gasteiger partial charge in [-0.05, 0) is 37.6 Å². The van der Waals surface area contributed by atoms with Gasteiger partial charge in [-0.2, -0.15) is 0 Å². The Hall–Kier alpha value is -2.60. The van der Waals surface area contributed by atoms with Crippen LogP contribution in [0.5, 0.6) is 11.5 Å². The first-order valence-electron chi connectivity index (χ1n) is 9.65. The smallest absolute Gasteiger partial charge is 0.179 e. The molecule has 3 aromatic heterocycles. The van der Waals surface area contributed by atoms with Crippen LogP contribution in [-0.2, 0) is 13.6 Å². The van der Waals surface area contributed by atoms with E-state index in [0.717, 1.165) is 42.3 Å². The third-order valence-corrected chi connectivity index (χ3v) is 5.65. The summed E-state index contributed by atoms with van der Waals surface area (Å²) in [7, 11) is 2.15. The molecule has 3 aromatic rings. The van der Waals surface area contributed by atoms with Crippen molar-refractivity contribution in [1.29, 1.82) is 0 Å². The molecule has 2 aliphatic rings. The fourth-order valence-electron chi connectivity index (χ4n) is 4.32. The summed E-state index contributed by atoms with van der Waals surface area (Å²) in [6.45, 7) is 4.20. The van der Waals surface area contributed by atoms with Gasteiger partial charge >= 0.3 is 0 Å². The predicted octanol–water partition coefficient (Wildman–Crippen LogP) is 3.12. The van der Waals surface area contributed by atoms with E-state index in [0.29, 0.717) is 19.1 Å². The normalized spacial score (nSPS) is 20.1. The predicted molar refractivity (Wildman–Crippen MR) is 103 cm³/mol. The molecular formula is C21H24N4O2. The molecule has 0 aromatic carbocycles. The van der Waals surface area contributed by atoms with Gasteiger partial charge in [0, 0.05) is 44.0 Å². The number of pyridine rings is 2. The van der Waals surface area contributed by atoms with E-state index in [9.17, 15) is 0 Å². The molecule has 5 heterocycles. The Labute approximate surface area is 158 Å². The number of hydrogen-bond donors (Lipinski definition) is 0. The summed E-state index contributed by atoms with van der Waals surface area (Å²) in [6.07, 6.45) is 6.08. The van der Waals surface area contributed by atoms with Crippen molar-refractivity contribution < 1.29 is 9.47 Å². The topological polar surface area (TPSA) is 52.4 Å². The van der Waals surface area contributed by atoms with Crippen molar-refractivity contribution in [1.82, 2.24) is 19.4 Å². The SMILES string of the molecule is Cn1c(C2CCCN(Cc3cc4c(cn3)OCCO4)C2)cc2ncccc21. The minimum atomic E-state index is 0.523. The number of ether oxygens (including phenoxy) is 2. The van der Waals surface area contributed by atoms with E-state index < -0.39 is 0 Å². The number of aromatic nitrogens is 3.